The summed E-state index contributed by atoms with van der Waals surface area (Å²) in [6, 6.07) is 18.1. The molecule has 5 nitrogen and oxygen atoms in total. The quantitative estimate of drug-likeness (QED) is 0.719. The van der Waals surface area contributed by atoms with Gasteiger partial charge in [-0.1, -0.05) is 48.5 Å². The van der Waals surface area contributed by atoms with Gasteiger partial charge in [0.1, 0.15) is 0 Å². The van der Waals surface area contributed by atoms with E-state index in [-0.39, 0.29) is 17.7 Å². The Morgan fingerprint density at radius 3 is 2.71 bits per heavy atom. The summed E-state index contributed by atoms with van der Waals surface area (Å²) in [6.45, 7) is 1.73. The summed E-state index contributed by atoms with van der Waals surface area (Å²) in [5.74, 6) is -0.123. The number of rotatable bonds is 6. The first-order valence-electron chi connectivity index (χ1n) is 9.73. The SMILES string of the molecule is CN(Cc1ccccc1)C(=O)C1CC(=O)N(CCc2c[nH]c3ccccc23)C1. The van der Waals surface area contributed by atoms with Crippen molar-refractivity contribution in [3.63, 3.8) is 0 Å². The summed E-state index contributed by atoms with van der Waals surface area (Å²) < 4.78 is 0. The Morgan fingerprint density at radius 1 is 1.14 bits per heavy atom. The van der Waals surface area contributed by atoms with Gasteiger partial charge in [-0.05, 0) is 23.6 Å². The number of benzene rings is 2. The van der Waals surface area contributed by atoms with Crippen LogP contribution in [0.1, 0.15) is 17.5 Å². The molecule has 0 spiro atoms. The van der Waals surface area contributed by atoms with E-state index >= 15 is 0 Å². The van der Waals surface area contributed by atoms with Crippen LogP contribution >= 0.6 is 0 Å². The molecule has 144 valence electrons. The van der Waals surface area contributed by atoms with E-state index in [4.69, 9.17) is 0 Å². The first-order valence-corrected chi connectivity index (χ1v) is 9.73. The summed E-state index contributed by atoms with van der Waals surface area (Å²) in [4.78, 5) is 32.1. The average molecular weight is 375 g/mol. The zero-order chi connectivity index (χ0) is 19.5. The number of aromatic nitrogens is 1. The highest BCUT2D eigenvalue weighted by Gasteiger charge is 2.35. The predicted octanol–water partition coefficient (Wildman–Crippen LogP) is 3.22. The van der Waals surface area contributed by atoms with Gasteiger partial charge in [0, 0.05) is 50.2 Å². The van der Waals surface area contributed by atoms with Crippen molar-refractivity contribution in [1.29, 1.82) is 0 Å². The van der Waals surface area contributed by atoms with Crippen molar-refractivity contribution < 1.29 is 9.59 Å². The van der Waals surface area contributed by atoms with Crippen molar-refractivity contribution in [2.45, 2.75) is 19.4 Å². The molecule has 1 fully saturated rings. The maximum absolute atomic E-state index is 12.8. The molecule has 3 aromatic rings. The fourth-order valence-electron chi connectivity index (χ4n) is 3.99. The number of nitrogens with one attached hydrogen (secondary N) is 1. The molecule has 2 amide bonds. The maximum atomic E-state index is 12.8. The van der Waals surface area contributed by atoms with Crippen LogP contribution in [0, 0.1) is 5.92 Å². The summed E-state index contributed by atoms with van der Waals surface area (Å²) in [7, 11) is 1.81. The number of carbonyl (C=O) groups is 2. The lowest BCUT2D eigenvalue weighted by Gasteiger charge is -2.21. The van der Waals surface area contributed by atoms with Gasteiger partial charge in [0.2, 0.25) is 11.8 Å². The number of para-hydroxylation sites is 1. The van der Waals surface area contributed by atoms with Gasteiger partial charge in [0.25, 0.3) is 0 Å². The van der Waals surface area contributed by atoms with Crippen molar-refractivity contribution in [1.82, 2.24) is 14.8 Å². The minimum absolute atomic E-state index is 0.0480. The lowest BCUT2D eigenvalue weighted by atomic mass is 10.1. The molecule has 2 aromatic carbocycles. The van der Waals surface area contributed by atoms with Gasteiger partial charge in [0.15, 0.2) is 0 Å². The van der Waals surface area contributed by atoms with Gasteiger partial charge in [-0.15, -0.1) is 0 Å². The third kappa shape index (κ3) is 3.79. The number of aromatic amines is 1. The van der Waals surface area contributed by atoms with E-state index in [1.165, 1.54) is 10.9 Å². The number of fused-ring (bicyclic) bond motifs is 1. The van der Waals surface area contributed by atoms with Crippen molar-refractivity contribution in [2.75, 3.05) is 20.1 Å². The Labute approximate surface area is 165 Å². The highest BCUT2D eigenvalue weighted by molar-refractivity contribution is 5.89. The molecule has 28 heavy (non-hydrogen) atoms. The molecule has 1 unspecified atom stereocenters. The zero-order valence-electron chi connectivity index (χ0n) is 16.1. The number of likely N-dealkylation sites (tertiary alicyclic amines) is 1. The number of hydrogen-bond donors (Lipinski definition) is 1. The molecule has 4 rings (SSSR count). The van der Waals surface area contributed by atoms with Crippen LogP contribution in [0.25, 0.3) is 10.9 Å². The number of nitrogens with zero attached hydrogens (tertiary/aromatic N) is 2. The Morgan fingerprint density at radius 2 is 1.89 bits per heavy atom. The van der Waals surface area contributed by atoms with Gasteiger partial charge in [-0.2, -0.15) is 0 Å². The molecule has 1 N–H and O–H groups in total. The fraction of sp³-hybridized carbons (Fsp3) is 0.304. The monoisotopic (exact) mass is 375 g/mol. The van der Waals surface area contributed by atoms with E-state index in [0.717, 1.165) is 17.5 Å². The van der Waals surface area contributed by atoms with Crippen LogP contribution in [0.2, 0.25) is 0 Å². The van der Waals surface area contributed by atoms with Crippen molar-refractivity contribution >= 4 is 22.7 Å². The molecule has 2 heterocycles. The minimum Gasteiger partial charge on any atom is -0.361 e. The second-order valence-electron chi connectivity index (χ2n) is 7.53. The minimum atomic E-state index is -0.246. The molecule has 1 aliphatic heterocycles. The molecular formula is C23H25N3O2. The van der Waals surface area contributed by atoms with Gasteiger partial charge in [-0.25, -0.2) is 0 Å². The van der Waals surface area contributed by atoms with Crippen LogP contribution in [0.15, 0.2) is 60.8 Å². The molecule has 0 saturated carbocycles. The first kappa shape index (κ1) is 18.3. The van der Waals surface area contributed by atoms with Crippen LogP contribution < -0.4 is 0 Å². The van der Waals surface area contributed by atoms with Crippen LogP contribution in [-0.4, -0.2) is 46.7 Å². The standard InChI is InChI=1S/C23H25N3O2/c1-25(15-17-7-3-2-4-8-17)23(28)19-13-22(27)26(16-19)12-11-18-14-24-21-10-6-5-9-20(18)21/h2-10,14,19,24H,11-13,15-16H2,1H3. The summed E-state index contributed by atoms with van der Waals surface area (Å²) in [5.41, 5.74) is 3.42. The zero-order valence-corrected chi connectivity index (χ0v) is 16.1. The van der Waals surface area contributed by atoms with E-state index in [1.54, 1.807) is 4.90 Å². The molecule has 1 aromatic heterocycles. The molecule has 5 heteroatoms. The Kier molecular flexibility index (Phi) is 5.15. The topological polar surface area (TPSA) is 56.4 Å². The third-order valence-electron chi connectivity index (χ3n) is 5.53. The van der Waals surface area contributed by atoms with E-state index in [1.807, 2.05) is 60.6 Å². The largest absolute Gasteiger partial charge is 0.361 e. The lowest BCUT2D eigenvalue weighted by Crippen LogP contribution is -2.34. The Balaban J connectivity index is 1.35. The molecule has 0 radical (unpaired) electrons. The van der Waals surface area contributed by atoms with Crippen LogP contribution in [0.5, 0.6) is 0 Å². The molecule has 1 aliphatic rings. The second kappa shape index (κ2) is 7.89. The van der Waals surface area contributed by atoms with Gasteiger partial charge in [0.05, 0.1) is 5.92 Å². The maximum Gasteiger partial charge on any atom is 0.228 e. The normalized spacial score (nSPS) is 16.7. The van der Waals surface area contributed by atoms with Crippen molar-refractivity contribution in [2.24, 2.45) is 5.92 Å². The van der Waals surface area contributed by atoms with Crippen LogP contribution in [-0.2, 0) is 22.6 Å². The van der Waals surface area contributed by atoms with Gasteiger partial charge >= 0.3 is 0 Å². The molecular weight excluding hydrogens is 350 g/mol. The number of carbonyl (C=O) groups excluding carboxylic acids is 2. The Hall–Kier alpha value is -3.08. The van der Waals surface area contributed by atoms with E-state index in [9.17, 15) is 9.59 Å². The smallest absolute Gasteiger partial charge is 0.228 e. The number of amides is 2. The first-order chi connectivity index (χ1) is 13.6. The highest BCUT2D eigenvalue weighted by Crippen LogP contribution is 2.23. The molecule has 0 aliphatic carbocycles. The van der Waals surface area contributed by atoms with E-state index in [2.05, 4.69) is 17.1 Å². The number of hydrogen-bond acceptors (Lipinski definition) is 2. The summed E-state index contributed by atoms with van der Waals surface area (Å²) in [6.07, 6.45) is 3.11. The fourth-order valence-corrected chi connectivity index (χ4v) is 3.99. The van der Waals surface area contributed by atoms with Crippen LogP contribution in [0.4, 0.5) is 0 Å². The average Bonchev–Trinajstić information content (AvgIpc) is 3.30. The third-order valence-corrected chi connectivity index (χ3v) is 5.53. The molecule has 1 saturated heterocycles. The summed E-state index contributed by atoms with van der Waals surface area (Å²) in [5, 5.41) is 1.20. The van der Waals surface area contributed by atoms with E-state index < -0.39 is 0 Å². The van der Waals surface area contributed by atoms with E-state index in [0.29, 0.717) is 26.1 Å². The predicted molar refractivity (Wildman–Crippen MR) is 110 cm³/mol. The number of H-pyrrole nitrogens is 1. The van der Waals surface area contributed by atoms with Gasteiger partial charge in [-0.3, -0.25) is 9.59 Å². The molecule has 0 bridgehead atoms. The highest BCUT2D eigenvalue weighted by atomic mass is 16.2. The summed E-state index contributed by atoms with van der Waals surface area (Å²) >= 11 is 0. The Bertz CT molecular complexity index is 980. The van der Waals surface area contributed by atoms with Gasteiger partial charge < -0.3 is 14.8 Å². The lowest BCUT2D eigenvalue weighted by molar-refractivity contribution is -0.135. The van der Waals surface area contributed by atoms with Crippen molar-refractivity contribution in [3.05, 3.63) is 71.9 Å². The molecule has 1 atom stereocenters. The van der Waals surface area contributed by atoms with Crippen molar-refractivity contribution in [3.8, 4) is 0 Å². The van der Waals surface area contributed by atoms with Crippen LogP contribution in [0.3, 0.4) is 0 Å². The second-order valence-corrected chi connectivity index (χ2v) is 7.53.